The Bertz CT molecular complexity index is 1060. The third-order valence-electron chi connectivity index (χ3n) is 6.40. The van der Waals surface area contributed by atoms with Crippen LogP contribution in [0.2, 0.25) is 0 Å². The predicted octanol–water partition coefficient (Wildman–Crippen LogP) is 7.99. The number of aliphatic hydroxyl groups excluding tert-OH is 1. The van der Waals surface area contributed by atoms with Crippen LogP contribution < -0.4 is 9.47 Å². The number of unbranched alkanes of at least 4 members (excludes halogenated alkanes) is 5. The quantitative estimate of drug-likeness (QED) is 0.145. The molecule has 3 aromatic rings. The second-order valence-electron chi connectivity index (χ2n) is 9.78. The zero-order chi connectivity index (χ0) is 27.0. The summed E-state index contributed by atoms with van der Waals surface area (Å²) in [6, 6.07) is 23.5. The largest absolute Gasteiger partial charge is 0.494 e. The Morgan fingerprint density at radius 2 is 1.29 bits per heavy atom. The Hall–Kier alpha value is -3.31. The number of carbonyl (C=O) groups is 1. The summed E-state index contributed by atoms with van der Waals surface area (Å²) in [4.78, 5) is 12.1. The second kappa shape index (κ2) is 16.5. The van der Waals surface area contributed by atoms with Crippen molar-refractivity contribution in [1.82, 2.24) is 0 Å². The van der Waals surface area contributed by atoms with Crippen molar-refractivity contribution in [3.8, 4) is 22.6 Å². The van der Waals surface area contributed by atoms with Gasteiger partial charge in [0.15, 0.2) is 0 Å². The van der Waals surface area contributed by atoms with Crippen LogP contribution in [0.3, 0.4) is 0 Å². The van der Waals surface area contributed by atoms with E-state index in [4.69, 9.17) is 14.2 Å². The van der Waals surface area contributed by atoms with Gasteiger partial charge in [-0.3, -0.25) is 0 Å². The molecule has 38 heavy (non-hydrogen) atoms. The molecule has 0 aliphatic carbocycles. The van der Waals surface area contributed by atoms with Gasteiger partial charge in [0.05, 0.1) is 24.9 Å². The Kier molecular flexibility index (Phi) is 12.7. The van der Waals surface area contributed by atoms with Crippen molar-refractivity contribution in [2.75, 3.05) is 13.2 Å². The van der Waals surface area contributed by atoms with Crippen molar-refractivity contribution < 1.29 is 24.1 Å². The first-order valence-electron chi connectivity index (χ1n) is 14.0. The Labute approximate surface area is 227 Å². The van der Waals surface area contributed by atoms with E-state index in [1.165, 1.54) is 32.1 Å². The zero-order valence-corrected chi connectivity index (χ0v) is 22.9. The maximum atomic E-state index is 12.1. The summed E-state index contributed by atoms with van der Waals surface area (Å²) >= 11 is 0. The summed E-state index contributed by atoms with van der Waals surface area (Å²) < 4.78 is 17.1. The number of hydrogen-bond donors (Lipinski definition) is 1. The summed E-state index contributed by atoms with van der Waals surface area (Å²) in [5, 5.41) is 9.27. The molecule has 5 heteroatoms. The summed E-state index contributed by atoms with van der Waals surface area (Å²) in [6.45, 7) is 5.46. The first-order chi connectivity index (χ1) is 18.5. The molecule has 0 aliphatic rings. The average molecular weight is 519 g/mol. The van der Waals surface area contributed by atoms with Gasteiger partial charge in [0.2, 0.25) is 0 Å². The maximum absolute atomic E-state index is 12.1. The van der Waals surface area contributed by atoms with Crippen LogP contribution in [-0.4, -0.2) is 30.4 Å². The van der Waals surface area contributed by atoms with Crippen LogP contribution >= 0.6 is 0 Å². The normalized spacial score (nSPS) is 11.7. The van der Waals surface area contributed by atoms with Crippen LogP contribution in [-0.2, 0) is 11.3 Å². The Morgan fingerprint density at radius 1 is 0.711 bits per heavy atom. The minimum atomic E-state index is -0.379. The van der Waals surface area contributed by atoms with Gasteiger partial charge in [-0.1, -0.05) is 75.4 Å². The topological polar surface area (TPSA) is 65.0 Å². The number of ether oxygens (including phenoxy) is 3. The monoisotopic (exact) mass is 518 g/mol. The molecule has 1 N–H and O–H groups in total. The molecule has 1 atom stereocenters. The first-order valence-corrected chi connectivity index (χ1v) is 14.0. The highest BCUT2D eigenvalue weighted by Gasteiger charge is 2.08. The summed E-state index contributed by atoms with van der Waals surface area (Å²) in [6.07, 6.45) is 8.46. The van der Waals surface area contributed by atoms with E-state index in [-0.39, 0.29) is 12.1 Å². The molecule has 204 valence electrons. The number of aliphatic hydroxyl groups is 1. The lowest BCUT2D eigenvalue weighted by molar-refractivity contribution is 0.0481. The van der Waals surface area contributed by atoms with Crippen molar-refractivity contribution in [3.05, 3.63) is 83.9 Å². The fourth-order valence-electron chi connectivity index (χ4n) is 4.09. The van der Waals surface area contributed by atoms with Gasteiger partial charge in [-0.15, -0.1) is 0 Å². The van der Waals surface area contributed by atoms with E-state index in [0.717, 1.165) is 41.2 Å². The molecule has 3 rings (SSSR count). The summed E-state index contributed by atoms with van der Waals surface area (Å²) in [5.41, 5.74) is 3.73. The molecule has 0 fully saturated rings. The highest BCUT2D eigenvalue weighted by atomic mass is 16.5. The molecule has 0 spiro atoms. The highest BCUT2D eigenvalue weighted by Crippen LogP contribution is 2.25. The molecule has 3 aromatic carbocycles. The zero-order valence-electron chi connectivity index (χ0n) is 22.9. The van der Waals surface area contributed by atoms with Crippen LogP contribution in [0, 0.1) is 0 Å². The predicted molar refractivity (Wildman–Crippen MR) is 153 cm³/mol. The molecule has 0 aliphatic heterocycles. The van der Waals surface area contributed by atoms with E-state index in [0.29, 0.717) is 31.6 Å². The molecule has 5 nitrogen and oxygen atoms in total. The molecule has 0 radical (unpaired) electrons. The molecule has 0 amide bonds. The molecular weight excluding hydrogens is 476 g/mol. The second-order valence-corrected chi connectivity index (χ2v) is 9.78. The van der Waals surface area contributed by atoms with Crippen molar-refractivity contribution >= 4 is 5.97 Å². The SMILES string of the molecule is CCCCCCCCOc1ccc(-c2ccc(OCc3ccc(C(=O)OCCCC(C)O)cc3)cc2)cc1. The number of hydrogen-bond acceptors (Lipinski definition) is 5. The fourth-order valence-corrected chi connectivity index (χ4v) is 4.09. The Balaban J connectivity index is 1.39. The third kappa shape index (κ3) is 10.6. The molecule has 0 saturated heterocycles. The lowest BCUT2D eigenvalue weighted by Gasteiger charge is -2.10. The fraction of sp³-hybridized carbons (Fsp3) is 0.424. The van der Waals surface area contributed by atoms with Crippen molar-refractivity contribution in [2.24, 2.45) is 0 Å². The van der Waals surface area contributed by atoms with E-state index in [2.05, 4.69) is 31.2 Å². The van der Waals surface area contributed by atoms with Gasteiger partial charge in [0.25, 0.3) is 0 Å². The van der Waals surface area contributed by atoms with Crippen LogP contribution in [0.1, 0.15) is 81.1 Å². The van der Waals surface area contributed by atoms with Gasteiger partial charge in [0.1, 0.15) is 18.1 Å². The third-order valence-corrected chi connectivity index (χ3v) is 6.40. The number of carbonyl (C=O) groups excluding carboxylic acids is 1. The van der Waals surface area contributed by atoms with Crippen LogP contribution in [0.25, 0.3) is 11.1 Å². The minimum absolute atomic E-state index is 0.307. The first kappa shape index (κ1) is 29.2. The number of esters is 1. The van der Waals surface area contributed by atoms with Crippen LogP contribution in [0.15, 0.2) is 72.8 Å². The standard InChI is InChI=1S/C33H42O5/c1-3-4-5-6-7-8-23-36-31-19-15-28(16-20-31)29-17-21-32(22-18-29)38-25-27-11-13-30(14-12-27)33(35)37-24-9-10-26(2)34/h11-22,26,34H,3-10,23-25H2,1-2H3. The van der Waals surface area contributed by atoms with Crippen LogP contribution in [0.5, 0.6) is 11.5 Å². The van der Waals surface area contributed by atoms with Gasteiger partial charge >= 0.3 is 5.97 Å². The lowest BCUT2D eigenvalue weighted by atomic mass is 10.1. The molecule has 0 bridgehead atoms. The van der Waals surface area contributed by atoms with Gasteiger partial charge in [0, 0.05) is 0 Å². The summed E-state index contributed by atoms with van der Waals surface area (Å²) in [5.74, 6) is 1.35. The van der Waals surface area contributed by atoms with Gasteiger partial charge in [-0.05, 0) is 79.3 Å². The lowest BCUT2D eigenvalue weighted by Crippen LogP contribution is -2.09. The van der Waals surface area contributed by atoms with Crippen molar-refractivity contribution in [3.63, 3.8) is 0 Å². The van der Waals surface area contributed by atoms with E-state index >= 15 is 0 Å². The van der Waals surface area contributed by atoms with E-state index in [1.807, 2.05) is 36.4 Å². The average Bonchev–Trinajstić information content (AvgIpc) is 2.94. The number of rotatable bonds is 17. The molecule has 0 saturated carbocycles. The van der Waals surface area contributed by atoms with Crippen LogP contribution in [0.4, 0.5) is 0 Å². The van der Waals surface area contributed by atoms with E-state index < -0.39 is 0 Å². The molecule has 1 unspecified atom stereocenters. The number of benzene rings is 3. The Morgan fingerprint density at radius 3 is 1.89 bits per heavy atom. The van der Waals surface area contributed by atoms with E-state index in [9.17, 15) is 9.90 Å². The molecule has 0 aromatic heterocycles. The molecule has 0 heterocycles. The van der Waals surface area contributed by atoms with Crippen molar-refractivity contribution in [2.45, 2.75) is 77.9 Å². The van der Waals surface area contributed by atoms with E-state index in [1.54, 1.807) is 19.1 Å². The minimum Gasteiger partial charge on any atom is -0.494 e. The van der Waals surface area contributed by atoms with Gasteiger partial charge < -0.3 is 19.3 Å². The maximum Gasteiger partial charge on any atom is 0.338 e. The smallest absolute Gasteiger partial charge is 0.338 e. The highest BCUT2D eigenvalue weighted by molar-refractivity contribution is 5.89. The molecular formula is C33H42O5. The summed E-state index contributed by atoms with van der Waals surface area (Å²) in [7, 11) is 0. The van der Waals surface area contributed by atoms with Gasteiger partial charge in [-0.2, -0.15) is 0 Å². The van der Waals surface area contributed by atoms with Crippen molar-refractivity contribution in [1.29, 1.82) is 0 Å². The van der Waals surface area contributed by atoms with Gasteiger partial charge in [-0.25, -0.2) is 4.79 Å².